The van der Waals surface area contributed by atoms with Gasteiger partial charge in [-0.25, -0.2) is 17.7 Å². The van der Waals surface area contributed by atoms with E-state index in [2.05, 4.69) is 20.6 Å². The normalized spacial score (nSPS) is 15.4. The second-order valence-corrected chi connectivity index (χ2v) is 10.6. The molecule has 2 aromatic heterocycles. The fourth-order valence-electron chi connectivity index (χ4n) is 3.75. The number of amides is 1. The average molecular weight is 505 g/mol. The molecule has 0 bridgehead atoms. The van der Waals surface area contributed by atoms with Gasteiger partial charge in [0.2, 0.25) is 21.9 Å². The summed E-state index contributed by atoms with van der Waals surface area (Å²) in [6, 6.07) is 9.59. The van der Waals surface area contributed by atoms with Gasteiger partial charge in [0, 0.05) is 59.4 Å². The first-order chi connectivity index (χ1) is 16.2. The van der Waals surface area contributed by atoms with E-state index in [1.807, 2.05) is 0 Å². The van der Waals surface area contributed by atoms with Gasteiger partial charge in [-0.05, 0) is 43.2 Å². The number of aromatic nitrogens is 3. The number of anilines is 2. The molecule has 1 aliphatic rings. The topological polar surface area (TPSA) is 147 Å². The molecule has 1 aromatic carbocycles. The predicted molar refractivity (Wildman–Crippen MR) is 130 cm³/mol. The fourth-order valence-corrected chi connectivity index (χ4v) is 4.88. The van der Waals surface area contributed by atoms with E-state index < -0.39 is 15.9 Å². The summed E-state index contributed by atoms with van der Waals surface area (Å²) in [5.74, 6) is -0.0950. The Bertz CT molecular complexity index is 1350. The average Bonchev–Trinajstić information content (AvgIpc) is 2.81. The molecule has 1 saturated heterocycles. The van der Waals surface area contributed by atoms with Crippen molar-refractivity contribution in [2.24, 2.45) is 0 Å². The summed E-state index contributed by atoms with van der Waals surface area (Å²) in [6.07, 6.45) is 3.99. The van der Waals surface area contributed by atoms with Crippen LogP contribution in [-0.4, -0.2) is 63.1 Å². The number of rotatable bonds is 7. The van der Waals surface area contributed by atoms with E-state index >= 15 is 0 Å². The number of carbonyl (C=O) groups excluding carboxylic acids is 1. The van der Waals surface area contributed by atoms with Crippen molar-refractivity contribution in [2.75, 3.05) is 30.0 Å². The van der Waals surface area contributed by atoms with Crippen LogP contribution in [0.5, 0.6) is 0 Å². The molecule has 0 unspecified atom stereocenters. The lowest BCUT2D eigenvalue weighted by atomic mass is 10.1. The summed E-state index contributed by atoms with van der Waals surface area (Å²) in [5.41, 5.74) is 0.482. The van der Waals surface area contributed by atoms with E-state index in [1.165, 1.54) is 21.2 Å². The number of nitrogens with zero attached hydrogens (tertiary/aromatic N) is 4. The van der Waals surface area contributed by atoms with Crippen LogP contribution in [0.2, 0.25) is 0 Å². The van der Waals surface area contributed by atoms with Crippen LogP contribution < -0.4 is 16.2 Å². The second kappa shape index (κ2) is 10.1. The summed E-state index contributed by atoms with van der Waals surface area (Å²) in [5, 5.41) is 6.55. The van der Waals surface area contributed by atoms with Gasteiger partial charge in [-0.3, -0.25) is 14.2 Å². The first-order valence-electron chi connectivity index (χ1n) is 10.5. The number of sulfonamides is 1. The largest absolute Gasteiger partial charge is 0.351 e. The molecule has 0 radical (unpaired) electrons. The Kier molecular flexibility index (Phi) is 7.16. The van der Waals surface area contributed by atoms with E-state index in [0.29, 0.717) is 65.5 Å². The van der Waals surface area contributed by atoms with Crippen LogP contribution in [0, 0.1) is 0 Å². The summed E-state index contributed by atoms with van der Waals surface area (Å²) in [6.45, 7) is 0.579. The standard InChI is InChI=1S/C21H24N6O5S2/c1-34(31,32)26-10-8-16(9-11-26)24-21-22-12-14-2-7-19(29)27(20(14)25-21)13-18(28)23-15-3-5-17(33-30)6-4-15/h2-7,12,16,30H,8-11,13H2,1H3,(H,23,28)(H,22,24,25). The van der Waals surface area contributed by atoms with Gasteiger partial charge in [0.25, 0.3) is 5.56 Å². The van der Waals surface area contributed by atoms with E-state index in [9.17, 15) is 18.0 Å². The van der Waals surface area contributed by atoms with Crippen molar-refractivity contribution in [3.8, 4) is 0 Å². The van der Waals surface area contributed by atoms with Gasteiger partial charge in [-0.2, -0.15) is 4.98 Å². The highest BCUT2D eigenvalue weighted by Crippen LogP contribution is 2.19. The molecule has 3 aromatic rings. The van der Waals surface area contributed by atoms with E-state index in [4.69, 9.17) is 4.55 Å². The Balaban J connectivity index is 1.50. The number of benzene rings is 1. The lowest BCUT2D eigenvalue weighted by Gasteiger charge is -2.30. The quantitative estimate of drug-likeness (QED) is 0.410. The van der Waals surface area contributed by atoms with Crippen molar-refractivity contribution in [1.82, 2.24) is 18.8 Å². The molecule has 0 spiro atoms. The SMILES string of the molecule is CS(=O)(=O)N1CCC(Nc2ncc3ccc(=O)n(CC(=O)Nc4ccc(SO)cc4)c3n2)CC1. The number of carbonyl (C=O) groups is 1. The summed E-state index contributed by atoms with van der Waals surface area (Å²) in [7, 11) is -3.21. The Labute approximate surface area is 200 Å². The first kappa shape index (κ1) is 24.1. The van der Waals surface area contributed by atoms with Crippen molar-refractivity contribution in [3.63, 3.8) is 0 Å². The third-order valence-electron chi connectivity index (χ3n) is 5.52. The molecule has 0 aliphatic carbocycles. The maximum atomic E-state index is 12.6. The van der Waals surface area contributed by atoms with Crippen molar-refractivity contribution in [2.45, 2.75) is 30.3 Å². The van der Waals surface area contributed by atoms with E-state index in [-0.39, 0.29) is 18.1 Å². The molecule has 3 heterocycles. The number of hydrogen-bond acceptors (Lipinski definition) is 9. The Morgan fingerprint density at radius 1 is 1.18 bits per heavy atom. The van der Waals surface area contributed by atoms with Crippen molar-refractivity contribution >= 4 is 50.6 Å². The number of pyridine rings is 1. The van der Waals surface area contributed by atoms with Crippen LogP contribution in [-0.2, 0) is 21.4 Å². The van der Waals surface area contributed by atoms with Crippen molar-refractivity contribution < 1.29 is 17.8 Å². The molecule has 3 N–H and O–H groups in total. The lowest BCUT2D eigenvalue weighted by molar-refractivity contribution is -0.116. The van der Waals surface area contributed by atoms with Gasteiger partial charge in [-0.15, -0.1) is 0 Å². The highest BCUT2D eigenvalue weighted by Gasteiger charge is 2.25. The number of piperidine rings is 1. The summed E-state index contributed by atoms with van der Waals surface area (Å²) >= 11 is 0.610. The van der Waals surface area contributed by atoms with Gasteiger partial charge in [0.1, 0.15) is 12.2 Å². The molecule has 180 valence electrons. The molecule has 13 heteroatoms. The maximum absolute atomic E-state index is 12.6. The highest BCUT2D eigenvalue weighted by atomic mass is 32.2. The molecule has 0 saturated carbocycles. The first-order valence-corrected chi connectivity index (χ1v) is 13.1. The predicted octanol–water partition coefficient (Wildman–Crippen LogP) is 1.83. The molecule has 4 rings (SSSR count). The Hall–Kier alpha value is -3.00. The van der Waals surface area contributed by atoms with Gasteiger partial charge in [-0.1, -0.05) is 0 Å². The fraction of sp³-hybridized carbons (Fsp3) is 0.333. The Morgan fingerprint density at radius 2 is 1.88 bits per heavy atom. The highest BCUT2D eigenvalue weighted by molar-refractivity contribution is 7.93. The van der Waals surface area contributed by atoms with Crippen LogP contribution in [0.3, 0.4) is 0 Å². The molecule has 0 atom stereocenters. The van der Waals surface area contributed by atoms with E-state index in [0.717, 1.165) is 0 Å². The summed E-state index contributed by atoms with van der Waals surface area (Å²) in [4.78, 5) is 34.6. The zero-order chi connectivity index (χ0) is 24.3. The Morgan fingerprint density at radius 3 is 2.53 bits per heavy atom. The minimum atomic E-state index is -3.21. The molecule has 34 heavy (non-hydrogen) atoms. The van der Waals surface area contributed by atoms with Crippen molar-refractivity contribution in [3.05, 3.63) is 52.9 Å². The number of fused-ring (bicyclic) bond motifs is 1. The van der Waals surface area contributed by atoms with Crippen LogP contribution in [0.4, 0.5) is 11.6 Å². The zero-order valence-corrected chi connectivity index (χ0v) is 20.0. The van der Waals surface area contributed by atoms with Crippen molar-refractivity contribution in [1.29, 1.82) is 0 Å². The third kappa shape index (κ3) is 5.73. The second-order valence-electron chi connectivity index (χ2n) is 7.97. The van der Waals surface area contributed by atoms with Crippen LogP contribution in [0.25, 0.3) is 11.0 Å². The molecule has 11 nitrogen and oxygen atoms in total. The number of nitrogens with one attached hydrogen (secondary N) is 2. The van der Waals surface area contributed by atoms with Gasteiger partial charge < -0.3 is 15.2 Å². The van der Waals surface area contributed by atoms with E-state index in [1.54, 1.807) is 36.5 Å². The molecule has 1 aliphatic heterocycles. The minimum absolute atomic E-state index is 0.0114. The molecule has 1 fully saturated rings. The monoisotopic (exact) mass is 504 g/mol. The molecule has 1 amide bonds. The van der Waals surface area contributed by atoms with Crippen LogP contribution >= 0.6 is 12.0 Å². The zero-order valence-electron chi connectivity index (χ0n) is 18.3. The summed E-state index contributed by atoms with van der Waals surface area (Å²) < 4.78 is 35.2. The van der Waals surface area contributed by atoms with Gasteiger partial charge in [0.15, 0.2) is 0 Å². The molecular weight excluding hydrogens is 480 g/mol. The smallest absolute Gasteiger partial charge is 0.252 e. The van der Waals surface area contributed by atoms with Crippen LogP contribution in [0.1, 0.15) is 12.8 Å². The van der Waals surface area contributed by atoms with Crippen LogP contribution in [0.15, 0.2) is 52.3 Å². The maximum Gasteiger partial charge on any atom is 0.252 e. The third-order valence-corrected chi connectivity index (χ3v) is 7.31. The van der Waals surface area contributed by atoms with Gasteiger partial charge in [0.05, 0.1) is 6.26 Å². The lowest BCUT2D eigenvalue weighted by Crippen LogP contribution is -2.42. The number of hydrogen-bond donors (Lipinski definition) is 3. The minimum Gasteiger partial charge on any atom is -0.351 e. The molecular formula is C21H24N6O5S2. The van der Waals surface area contributed by atoms with Gasteiger partial charge >= 0.3 is 0 Å².